The maximum Gasteiger partial charge on any atom is 0.416 e. The van der Waals surface area contributed by atoms with Gasteiger partial charge < -0.3 is 5.32 Å². The number of anilines is 1. The molecule has 0 spiro atoms. The third kappa shape index (κ3) is 4.39. The fourth-order valence-electron chi connectivity index (χ4n) is 4.29. The fourth-order valence-corrected chi connectivity index (χ4v) is 4.49. The van der Waals surface area contributed by atoms with Crippen molar-refractivity contribution in [2.45, 2.75) is 25.4 Å². The minimum Gasteiger partial charge on any atom is -0.324 e. The van der Waals surface area contributed by atoms with E-state index in [0.717, 1.165) is 24.3 Å². The standard InChI is InChI=1S/C26H18ClF5N4/c1-2-13-12-33-23(18-10-15(28)11-20(29)22(13)18)35-24-16-5-3-4-6-21(16)34-25(36-24)17-9-14(26(30,31)32)7-8-19(17)27/h3-11,13H,2,12H2,1H3,(H,33,34,35,36). The van der Waals surface area contributed by atoms with Crippen LogP contribution in [0.25, 0.3) is 22.3 Å². The van der Waals surface area contributed by atoms with Gasteiger partial charge in [0.15, 0.2) is 5.82 Å². The van der Waals surface area contributed by atoms with E-state index in [9.17, 15) is 22.0 Å². The summed E-state index contributed by atoms with van der Waals surface area (Å²) < 4.78 is 69.0. The van der Waals surface area contributed by atoms with Gasteiger partial charge in [0.25, 0.3) is 0 Å². The van der Waals surface area contributed by atoms with Crippen LogP contribution >= 0.6 is 11.6 Å². The maximum absolute atomic E-state index is 14.7. The molecule has 5 rings (SSSR count). The van der Waals surface area contributed by atoms with Gasteiger partial charge >= 0.3 is 6.18 Å². The quantitative estimate of drug-likeness (QED) is 0.285. The Morgan fingerprint density at radius 2 is 1.78 bits per heavy atom. The average Bonchev–Trinajstić information content (AvgIpc) is 2.83. The molecular weight excluding hydrogens is 499 g/mol. The number of amidine groups is 1. The van der Waals surface area contributed by atoms with Crippen LogP contribution in [0, 0.1) is 11.6 Å². The van der Waals surface area contributed by atoms with Gasteiger partial charge in [0.2, 0.25) is 0 Å². The summed E-state index contributed by atoms with van der Waals surface area (Å²) in [4.78, 5) is 13.4. The van der Waals surface area contributed by atoms with Crippen LogP contribution in [0.15, 0.2) is 59.6 Å². The van der Waals surface area contributed by atoms with Crippen LogP contribution in [-0.4, -0.2) is 22.3 Å². The van der Waals surface area contributed by atoms with Crippen LogP contribution in [0.3, 0.4) is 0 Å². The Balaban J connectivity index is 1.66. The monoisotopic (exact) mass is 516 g/mol. The number of rotatable bonds is 3. The molecule has 36 heavy (non-hydrogen) atoms. The molecule has 0 saturated carbocycles. The third-order valence-corrected chi connectivity index (χ3v) is 6.42. The smallest absolute Gasteiger partial charge is 0.324 e. The van der Waals surface area contributed by atoms with E-state index in [4.69, 9.17) is 11.6 Å². The minimum absolute atomic E-state index is 0.00517. The lowest BCUT2D eigenvalue weighted by Crippen LogP contribution is -2.25. The summed E-state index contributed by atoms with van der Waals surface area (Å²) in [6.07, 6.45) is -3.97. The van der Waals surface area contributed by atoms with Crippen LogP contribution in [0.2, 0.25) is 5.02 Å². The van der Waals surface area contributed by atoms with E-state index in [2.05, 4.69) is 20.3 Å². The molecule has 1 aliphatic heterocycles. The zero-order chi connectivity index (χ0) is 25.6. The number of aliphatic imine (C=N–C) groups is 1. The molecule has 0 aliphatic carbocycles. The number of nitrogens with one attached hydrogen (secondary N) is 1. The highest BCUT2D eigenvalue weighted by Gasteiger charge is 2.32. The van der Waals surface area contributed by atoms with E-state index in [0.29, 0.717) is 22.9 Å². The Bertz CT molecular complexity index is 1520. The maximum atomic E-state index is 14.7. The molecule has 0 bridgehead atoms. The SMILES string of the molecule is CCC1CN=C(Nc2nc(-c3cc(C(F)(F)F)ccc3Cl)nc3ccccc23)c2cc(F)cc(F)c21. The number of benzene rings is 3. The van der Waals surface area contributed by atoms with Crippen molar-refractivity contribution in [2.75, 3.05) is 11.9 Å². The minimum atomic E-state index is -4.58. The molecule has 184 valence electrons. The normalized spacial score (nSPS) is 15.5. The van der Waals surface area contributed by atoms with Gasteiger partial charge in [-0.2, -0.15) is 13.2 Å². The molecule has 4 aromatic rings. The summed E-state index contributed by atoms with van der Waals surface area (Å²) in [6.45, 7) is 2.18. The van der Waals surface area contributed by atoms with Gasteiger partial charge in [0.05, 0.1) is 16.1 Å². The highest BCUT2D eigenvalue weighted by atomic mass is 35.5. The number of hydrogen-bond donors (Lipinski definition) is 1. The lowest BCUT2D eigenvalue weighted by atomic mass is 9.88. The topological polar surface area (TPSA) is 50.2 Å². The molecule has 0 radical (unpaired) electrons. The number of nitrogens with zero attached hydrogens (tertiary/aromatic N) is 3. The second-order valence-electron chi connectivity index (χ2n) is 8.37. The van der Waals surface area contributed by atoms with Gasteiger partial charge in [-0.15, -0.1) is 0 Å². The van der Waals surface area contributed by atoms with Crippen LogP contribution < -0.4 is 5.32 Å². The molecule has 1 N–H and O–H groups in total. The second-order valence-corrected chi connectivity index (χ2v) is 8.78. The number of hydrogen-bond acceptors (Lipinski definition) is 4. The van der Waals surface area contributed by atoms with E-state index in [1.54, 1.807) is 24.3 Å². The first kappa shape index (κ1) is 24.1. The largest absolute Gasteiger partial charge is 0.416 e. The van der Waals surface area contributed by atoms with Gasteiger partial charge in [0, 0.05) is 40.6 Å². The van der Waals surface area contributed by atoms with Crippen molar-refractivity contribution in [3.8, 4) is 11.4 Å². The number of aromatic nitrogens is 2. The van der Waals surface area contributed by atoms with Gasteiger partial charge in [-0.1, -0.05) is 30.7 Å². The lowest BCUT2D eigenvalue weighted by molar-refractivity contribution is -0.137. The Morgan fingerprint density at radius 3 is 2.53 bits per heavy atom. The third-order valence-electron chi connectivity index (χ3n) is 6.09. The highest BCUT2D eigenvalue weighted by Crippen LogP contribution is 2.37. The van der Waals surface area contributed by atoms with Crippen LogP contribution in [0.5, 0.6) is 0 Å². The van der Waals surface area contributed by atoms with Gasteiger partial charge in [-0.05, 0) is 42.8 Å². The van der Waals surface area contributed by atoms with Crippen LogP contribution in [0.1, 0.15) is 36.0 Å². The second kappa shape index (κ2) is 9.13. The molecule has 0 saturated heterocycles. The Kier molecular flexibility index (Phi) is 6.12. The summed E-state index contributed by atoms with van der Waals surface area (Å²) in [5.74, 6) is -1.24. The van der Waals surface area contributed by atoms with Crippen molar-refractivity contribution in [3.05, 3.63) is 87.9 Å². The molecule has 0 amide bonds. The molecular formula is C26H18ClF5N4. The van der Waals surface area contributed by atoms with Crippen LogP contribution in [0.4, 0.5) is 27.8 Å². The predicted molar refractivity (Wildman–Crippen MR) is 129 cm³/mol. The number of para-hydroxylation sites is 1. The summed E-state index contributed by atoms with van der Waals surface area (Å²) >= 11 is 6.24. The van der Waals surface area contributed by atoms with E-state index in [-0.39, 0.29) is 46.1 Å². The van der Waals surface area contributed by atoms with E-state index < -0.39 is 23.4 Å². The average molecular weight is 517 g/mol. The number of alkyl halides is 3. The molecule has 1 atom stereocenters. The molecule has 1 unspecified atom stereocenters. The van der Waals surface area contributed by atoms with E-state index in [1.807, 2.05) is 6.92 Å². The zero-order valence-electron chi connectivity index (χ0n) is 18.8. The highest BCUT2D eigenvalue weighted by molar-refractivity contribution is 6.33. The molecule has 10 heteroatoms. The molecule has 0 fully saturated rings. The summed E-state index contributed by atoms with van der Waals surface area (Å²) in [6, 6.07) is 11.8. The van der Waals surface area contributed by atoms with Crippen molar-refractivity contribution < 1.29 is 22.0 Å². The summed E-state index contributed by atoms with van der Waals surface area (Å²) in [5, 5.41) is 3.64. The van der Waals surface area contributed by atoms with E-state index in [1.165, 1.54) is 6.07 Å². The molecule has 1 aromatic heterocycles. The van der Waals surface area contributed by atoms with Crippen molar-refractivity contribution in [1.29, 1.82) is 0 Å². The fraction of sp³-hybridized carbons (Fsp3) is 0.192. The first-order valence-electron chi connectivity index (χ1n) is 11.1. The number of fused-ring (bicyclic) bond motifs is 2. The predicted octanol–water partition coefficient (Wildman–Crippen LogP) is 7.61. The van der Waals surface area contributed by atoms with E-state index >= 15 is 0 Å². The zero-order valence-corrected chi connectivity index (χ0v) is 19.6. The first-order chi connectivity index (χ1) is 17.2. The van der Waals surface area contributed by atoms with Crippen LogP contribution in [-0.2, 0) is 6.18 Å². The van der Waals surface area contributed by atoms with Gasteiger partial charge in [-0.3, -0.25) is 4.99 Å². The van der Waals surface area contributed by atoms with Crippen molar-refractivity contribution in [1.82, 2.24) is 9.97 Å². The van der Waals surface area contributed by atoms with Gasteiger partial charge in [0.1, 0.15) is 23.3 Å². The number of halogens is 6. The first-order valence-corrected chi connectivity index (χ1v) is 11.5. The molecule has 1 aliphatic rings. The molecule has 4 nitrogen and oxygen atoms in total. The Hall–Kier alpha value is -3.59. The Morgan fingerprint density at radius 1 is 1.00 bits per heavy atom. The van der Waals surface area contributed by atoms with Gasteiger partial charge in [-0.25, -0.2) is 18.7 Å². The molecule has 3 aromatic carbocycles. The molecule has 2 heterocycles. The lowest BCUT2D eigenvalue weighted by Gasteiger charge is -2.25. The summed E-state index contributed by atoms with van der Waals surface area (Å²) in [5.41, 5.74) is 0.166. The Labute approximate surface area is 207 Å². The van der Waals surface area contributed by atoms with Crippen molar-refractivity contribution >= 4 is 34.2 Å². The van der Waals surface area contributed by atoms with Crippen molar-refractivity contribution in [2.24, 2.45) is 4.99 Å². The summed E-state index contributed by atoms with van der Waals surface area (Å²) in [7, 11) is 0. The van der Waals surface area contributed by atoms with Crippen molar-refractivity contribution in [3.63, 3.8) is 0 Å².